The van der Waals surface area contributed by atoms with E-state index >= 15 is 0 Å². The van der Waals surface area contributed by atoms with Crippen molar-refractivity contribution < 1.29 is 9.47 Å². The molecule has 1 aliphatic rings. The van der Waals surface area contributed by atoms with Crippen LogP contribution < -0.4 is 9.47 Å². The molecule has 0 saturated heterocycles. The van der Waals surface area contributed by atoms with Crippen LogP contribution in [0.25, 0.3) is 11.3 Å². The molecule has 0 aliphatic carbocycles. The molecule has 1 N–H and O–H groups in total. The number of rotatable bonds is 6. The first-order valence-corrected chi connectivity index (χ1v) is 9.81. The topological polar surface area (TPSA) is 50.4 Å². The normalized spacial score (nSPS) is 14.1. The van der Waals surface area contributed by atoms with E-state index in [0.717, 1.165) is 48.8 Å². The van der Waals surface area contributed by atoms with Crippen LogP contribution in [0.15, 0.2) is 48.5 Å². The number of hydrogen-bond donors (Lipinski definition) is 1. The fraction of sp³-hybridized carbons (Fsp3) is 0.348. The van der Waals surface area contributed by atoms with Crippen LogP contribution in [0.4, 0.5) is 0 Å². The van der Waals surface area contributed by atoms with Gasteiger partial charge in [-0.15, -0.1) is 0 Å². The van der Waals surface area contributed by atoms with E-state index < -0.39 is 0 Å². The number of methoxy groups -OCH3 is 1. The number of aromatic amines is 1. The number of nitrogens with zero attached hydrogens (tertiary/aromatic N) is 2. The van der Waals surface area contributed by atoms with E-state index in [4.69, 9.17) is 9.47 Å². The predicted octanol–water partition coefficient (Wildman–Crippen LogP) is 4.43. The minimum absolute atomic E-state index is 0.101. The lowest BCUT2D eigenvalue weighted by molar-refractivity contribution is 0.230. The van der Waals surface area contributed by atoms with Gasteiger partial charge in [0.1, 0.15) is 0 Å². The molecule has 2 aromatic carbocycles. The summed E-state index contributed by atoms with van der Waals surface area (Å²) in [4.78, 5) is 2.48. The van der Waals surface area contributed by atoms with Crippen LogP contribution in [-0.4, -0.2) is 34.9 Å². The smallest absolute Gasteiger partial charge is 0.161 e. The molecule has 0 spiro atoms. The van der Waals surface area contributed by atoms with Crippen LogP contribution in [0, 0.1) is 0 Å². The molecule has 0 unspecified atom stereocenters. The first kappa shape index (κ1) is 18.6. The van der Waals surface area contributed by atoms with E-state index in [-0.39, 0.29) is 6.10 Å². The van der Waals surface area contributed by atoms with Gasteiger partial charge >= 0.3 is 0 Å². The Kier molecular flexibility index (Phi) is 5.35. The molecule has 0 atom stereocenters. The highest BCUT2D eigenvalue weighted by atomic mass is 16.5. The van der Waals surface area contributed by atoms with Crippen molar-refractivity contribution in [1.82, 2.24) is 15.1 Å². The second-order valence-electron chi connectivity index (χ2n) is 7.51. The van der Waals surface area contributed by atoms with Gasteiger partial charge in [0.2, 0.25) is 0 Å². The Morgan fingerprint density at radius 3 is 2.68 bits per heavy atom. The van der Waals surface area contributed by atoms with Gasteiger partial charge in [0.05, 0.1) is 18.9 Å². The second-order valence-corrected chi connectivity index (χ2v) is 7.51. The van der Waals surface area contributed by atoms with Crippen LogP contribution in [0.3, 0.4) is 0 Å². The highest BCUT2D eigenvalue weighted by molar-refractivity contribution is 5.68. The van der Waals surface area contributed by atoms with Crippen molar-refractivity contribution in [1.29, 1.82) is 0 Å². The van der Waals surface area contributed by atoms with E-state index in [1.54, 1.807) is 7.11 Å². The van der Waals surface area contributed by atoms with Gasteiger partial charge in [0, 0.05) is 42.9 Å². The maximum Gasteiger partial charge on any atom is 0.161 e. The van der Waals surface area contributed by atoms with Crippen LogP contribution in [-0.2, 0) is 19.5 Å². The number of fused-ring (bicyclic) bond motifs is 1. The van der Waals surface area contributed by atoms with Crippen molar-refractivity contribution in [3.05, 3.63) is 65.4 Å². The van der Waals surface area contributed by atoms with Crippen molar-refractivity contribution >= 4 is 0 Å². The maximum atomic E-state index is 5.84. The molecule has 28 heavy (non-hydrogen) atoms. The van der Waals surface area contributed by atoms with Gasteiger partial charge in [-0.05, 0) is 37.6 Å². The van der Waals surface area contributed by atoms with E-state index in [1.165, 1.54) is 16.8 Å². The van der Waals surface area contributed by atoms with Crippen molar-refractivity contribution in [2.24, 2.45) is 0 Å². The quantitative estimate of drug-likeness (QED) is 0.690. The summed E-state index contributed by atoms with van der Waals surface area (Å²) in [5.74, 6) is 1.50. The summed E-state index contributed by atoms with van der Waals surface area (Å²) >= 11 is 0. The van der Waals surface area contributed by atoms with Gasteiger partial charge in [-0.2, -0.15) is 5.10 Å². The second kappa shape index (κ2) is 8.07. The molecule has 0 fully saturated rings. The zero-order valence-electron chi connectivity index (χ0n) is 16.7. The predicted molar refractivity (Wildman–Crippen MR) is 111 cm³/mol. The number of aromatic nitrogens is 2. The molecule has 0 amide bonds. The Morgan fingerprint density at radius 2 is 1.93 bits per heavy atom. The maximum absolute atomic E-state index is 5.84. The first-order chi connectivity index (χ1) is 13.6. The van der Waals surface area contributed by atoms with Crippen LogP contribution in [0.2, 0.25) is 0 Å². The molecule has 5 heteroatoms. The summed E-state index contributed by atoms with van der Waals surface area (Å²) in [5.41, 5.74) is 5.91. The Balaban J connectivity index is 1.59. The fourth-order valence-corrected chi connectivity index (χ4v) is 3.73. The average molecular weight is 377 g/mol. The van der Waals surface area contributed by atoms with Gasteiger partial charge in [-0.25, -0.2) is 0 Å². The van der Waals surface area contributed by atoms with E-state index in [1.807, 2.05) is 26.0 Å². The molecule has 2 heterocycles. The summed E-state index contributed by atoms with van der Waals surface area (Å²) < 4.78 is 11.4. The number of H-pyrrole nitrogens is 1. The third-order valence-corrected chi connectivity index (χ3v) is 5.06. The van der Waals surface area contributed by atoms with Crippen LogP contribution in [0.5, 0.6) is 11.5 Å². The SMILES string of the molecule is COc1cc(-c2n[nH]c3c2CN(Cc2ccccc2)CC3)ccc1OC(C)C. The first-order valence-electron chi connectivity index (χ1n) is 9.81. The summed E-state index contributed by atoms with van der Waals surface area (Å²) in [7, 11) is 1.67. The van der Waals surface area contributed by atoms with Crippen molar-refractivity contribution in [2.45, 2.75) is 39.5 Å². The lowest BCUT2D eigenvalue weighted by Crippen LogP contribution is -2.29. The summed E-state index contributed by atoms with van der Waals surface area (Å²) in [6.45, 7) is 6.91. The Morgan fingerprint density at radius 1 is 1.11 bits per heavy atom. The Bertz CT molecular complexity index is 934. The molecule has 0 saturated carbocycles. The number of hydrogen-bond acceptors (Lipinski definition) is 4. The molecule has 146 valence electrons. The van der Waals surface area contributed by atoms with Crippen molar-refractivity contribution in [3.8, 4) is 22.8 Å². The number of benzene rings is 2. The van der Waals surface area contributed by atoms with Crippen LogP contribution >= 0.6 is 0 Å². The Labute approximate surface area is 166 Å². The summed E-state index contributed by atoms with van der Waals surface area (Å²) in [5, 5.41) is 7.87. The largest absolute Gasteiger partial charge is 0.493 e. The van der Waals surface area contributed by atoms with Gasteiger partial charge in [-0.1, -0.05) is 30.3 Å². The molecule has 4 rings (SSSR count). The number of nitrogens with one attached hydrogen (secondary N) is 1. The molecule has 0 radical (unpaired) electrons. The minimum Gasteiger partial charge on any atom is -0.493 e. The van der Waals surface area contributed by atoms with Gasteiger partial charge in [0.25, 0.3) is 0 Å². The fourth-order valence-electron chi connectivity index (χ4n) is 3.73. The van der Waals surface area contributed by atoms with Crippen molar-refractivity contribution in [2.75, 3.05) is 13.7 Å². The summed E-state index contributed by atoms with van der Waals surface area (Å²) in [6, 6.07) is 16.7. The molecule has 5 nitrogen and oxygen atoms in total. The third-order valence-electron chi connectivity index (χ3n) is 5.06. The molecule has 1 aliphatic heterocycles. The van der Waals surface area contributed by atoms with E-state index in [9.17, 15) is 0 Å². The van der Waals surface area contributed by atoms with Crippen LogP contribution in [0.1, 0.15) is 30.7 Å². The number of ether oxygens (including phenoxy) is 2. The zero-order chi connectivity index (χ0) is 19.5. The molecular weight excluding hydrogens is 350 g/mol. The van der Waals surface area contributed by atoms with Gasteiger partial charge in [0.15, 0.2) is 11.5 Å². The monoisotopic (exact) mass is 377 g/mol. The average Bonchev–Trinajstić information content (AvgIpc) is 3.12. The third kappa shape index (κ3) is 3.90. The molecule has 3 aromatic rings. The molecular formula is C23H27N3O2. The minimum atomic E-state index is 0.101. The lowest BCUT2D eigenvalue weighted by Gasteiger charge is -2.27. The zero-order valence-corrected chi connectivity index (χ0v) is 16.7. The van der Waals surface area contributed by atoms with E-state index in [2.05, 4.69) is 51.5 Å². The highest BCUT2D eigenvalue weighted by Crippen LogP contribution is 2.35. The summed E-state index contributed by atoms with van der Waals surface area (Å²) in [6.07, 6.45) is 1.09. The van der Waals surface area contributed by atoms with Gasteiger partial charge in [-0.3, -0.25) is 10.00 Å². The van der Waals surface area contributed by atoms with E-state index in [0.29, 0.717) is 0 Å². The highest BCUT2D eigenvalue weighted by Gasteiger charge is 2.23. The van der Waals surface area contributed by atoms with Crippen molar-refractivity contribution in [3.63, 3.8) is 0 Å². The lowest BCUT2D eigenvalue weighted by atomic mass is 10.00. The van der Waals surface area contributed by atoms with Gasteiger partial charge < -0.3 is 9.47 Å². The molecule has 0 bridgehead atoms. The Hall–Kier alpha value is -2.79. The standard InChI is InChI=1S/C23H27N3O2/c1-16(2)28-21-10-9-18(13-22(21)27-3)23-19-15-26(12-11-20(19)24-25-23)14-17-7-5-4-6-8-17/h4-10,13,16H,11-12,14-15H2,1-3H3,(H,24,25). The molecule has 1 aromatic heterocycles.